The molecular formula is C24H29N3O3. The minimum atomic E-state index is -0.117. The molecule has 1 unspecified atom stereocenters. The van der Waals surface area contributed by atoms with E-state index in [0.29, 0.717) is 5.56 Å². The van der Waals surface area contributed by atoms with Crippen LogP contribution in [0.4, 0.5) is 5.69 Å². The molecule has 158 valence electrons. The van der Waals surface area contributed by atoms with Crippen LogP contribution in [0.3, 0.4) is 0 Å². The van der Waals surface area contributed by atoms with E-state index in [1.807, 2.05) is 0 Å². The van der Waals surface area contributed by atoms with E-state index in [1.165, 1.54) is 5.56 Å². The maximum absolute atomic E-state index is 12.9. The fraction of sp³-hybridized carbons (Fsp3) is 0.417. The van der Waals surface area contributed by atoms with Gasteiger partial charge in [-0.3, -0.25) is 14.5 Å². The number of hydrogen-bond acceptors (Lipinski definition) is 4. The van der Waals surface area contributed by atoms with Crippen molar-refractivity contribution in [2.45, 2.75) is 25.8 Å². The number of ether oxygens (including phenoxy) is 1. The van der Waals surface area contributed by atoms with Gasteiger partial charge in [-0.1, -0.05) is 29.8 Å². The molecule has 1 saturated heterocycles. The number of carbonyl (C=O) groups is 2. The first kappa shape index (κ1) is 20.6. The average molecular weight is 408 g/mol. The molecule has 1 aliphatic heterocycles. The van der Waals surface area contributed by atoms with Gasteiger partial charge in [0, 0.05) is 36.8 Å². The summed E-state index contributed by atoms with van der Waals surface area (Å²) < 4.78 is 5.45. The van der Waals surface area contributed by atoms with Gasteiger partial charge in [0.25, 0.3) is 5.91 Å². The molecular weight excluding hydrogens is 378 g/mol. The van der Waals surface area contributed by atoms with Crippen molar-refractivity contribution in [3.8, 4) is 0 Å². The van der Waals surface area contributed by atoms with E-state index in [4.69, 9.17) is 4.74 Å². The molecule has 2 aromatic carbocycles. The van der Waals surface area contributed by atoms with E-state index < -0.39 is 0 Å². The topological polar surface area (TPSA) is 70.7 Å². The molecule has 1 aliphatic carbocycles. The van der Waals surface area contributed by atoms with Crippen molar-refractivity contribution < 1.29 is 14.3 Å². The number of rotatable bonds is 7. The van der Waals surface area contributed by atoms with Crippen LogP contribution < -0.4 is 10.6 Å². The molecule has 2 N–H and O–H groups in total. The van der Waals surface area contributed by atoms with Crippen LogP contribution in [0.2, 0.25) is 0 Å². The van der Waals surface area contributed by atoms with Crippen molar-refractivity contribution in [1.29, 1.82) is 0 Å². The first-order valence-electron chi connectivity index (χ1n) is 10.7. The van der Waals surface area contributed by atoms with E-state index in [0.717, 1.165) is 56.9 Å². The van der Waals surface area contributed by atoms with Crippen molar-refractivity contribution in [2.75, 3.05) is 38.2 Å². The Labute approximate surface area is 177 Å². The van der Waals surface area contributed by atoms with Crippen molar-refractivity contribution in [2.24, 2.45) is 5.92 Å². The molecule has 2 aromatic rings. The number of nitrogens with zero attached hydrogens (tertiary/aromatic N) is 1. The molecule has 1 heterocycles. The van der Waals surface area contributed by atoms with Crippen molar-refractivity contribution in [3.63, 3.8) is 0 Å². The number of nitrogens with one attached hydrogen (secondary N) is 2. The summed E-state index contributed by atoms with van der Waals surface area (Å²) in [6, 6.07) is 15.3. The summed E-state index contributed by atoms with van der Waals surface area (Å²) in [5.74, 6) is 0.106. The highest BCUT2D eigenvalue weighted by atomic mass is 16.5. The normalized spacial score (nSPS) is 17.9. The molecule has 6 heteroatoms. The average Bonchev–Trinajstić information content (AvgIpc) is 3.61. The Bertz CT molecular complexity index is 870. The summed E-state index contributed by atoms with van der Waals surface area (Å²) in [6.45, 7) is 5.99. The summed E-state index contributed by atoms with van der Waals surface area (Å²) in [5, 5.41) is 6.10. The van der Waals surface area contributed by atoms with Crippen molar-refractivity contribution >= 4 is 17.5 Å². The summed E-state index contributed by atoms with van der Waals surface area (Å²) in [4.78, 5) is 27.2. The predicted octanol–water partition coefficient (Wildman–Crippen LogP) is 3.15. The fourth-order valence-corrected chi connectivity index (χ4v) is 3.61. The van der Waals surface area contributed by atoms with Crippen LogP contribution in [0.1, 0.15) is 40.4 Å². The summed E-state index contributed by atoms with van der Waals surface area (Å²) in [5.41, 5.74) is 3.60. The second-order valence-corrected chi connectivity index (χ2v) is 8.19. The van der Waals surface area contributed by atoms with Crippen LogP contribution in [0.5, 0.6) is 0 Å². The summed E-state index contributed by atoms with van der Waals surface area (Å²) >= 11 is 0. The SMILES string of the molecule is Cc1ccc(C(CN2CCOCC2)NC(=O)c2ccc(NC(=O)C3CC3)cc2)cc1. The zero-order valence-corrected chi connectivity index (χ0v) is 17.4. The lowest BCUT2D eigenvalue weighted by atomic mass is 10.0. The van der Waals surface area contributed by atoms with Crippen LogP contribution in [0, 0.1) is 12.8 Å². The molecule has 1 saturated carbocycles. The highest BCUT2D eigenvalue weighted by Gasteiger charge is 2.29. The monoisotopic (exact) mass is 407 g/mol. The Morgan fingerprint density at radius 2 is 1.70 bits per heavy atom. The maximum Gasteiger partial charge on any atom is 0.251 e. The molecule has 0 aromatic heterocycles. The van der Waals surface area contributed by atoms with Gasteiger partial charge < -0.3 is 15.4 Å². The zero-order valence-electron chi connectivity index (χ0n) is 17.4. The lowest BCUT2D eigenvalue weighted by Crippen LogP contribution is -2.43. The third-order valence-electron chi connectivity index (χ3n) is 5.69. The Kier molecular flexibility index (Phi) is 6.45. The number of carbonyl (C=O) groups excluding carboxylic acids is 2. The van der Waals surface area contributed by atoms with Gasteiger partial charge in [0.2, 0.25) is 5.91 Å². The molecule has 6 nitrogen and oxygen atoms in total. The van der Waals surface area contributed by atoms with Crippen molar-refractivity contribution in [3.05, 3.63) is 65.2 Å². The van der Waals surface area contributed by atoms with E-state index >= 15 is 0 Å². The lowest BCUT2D eigenvalue weighted by molar-refractivity contribution is -0.117. The van der Waals surface area contributed by atoms with E-state index in [-0.39, 0.29) is 23.8 Å². The van der Waals surface area contributed by atoms with E-state index in [2.05, 4.69) is 46.7 Å². The second-order valence-electron chi connectivity index (χ2n) is 8.19. The minimum absolute atomic E-state index is 0.0668. The molecule has 0 spiro atoms. The number of benzene rings is 2. The smallest absolute Gasteiger partial charge is 0.251 e. The molecule has 2 aliphatic rings. The number of amides is 2. The Balaban J connectivity index is 1.43. The first-order valence-corrected chi connectivity index (χ1v) is 10.7. The van der Waals surface area contributed by atoms with Crippen LogP contribution >= 0.6 is 0 Å². The zero-order chi connectivity index (χ0) is 20.9. The standard InChI is InChI=1S/C24H29N3O3/c1-17-2-4-18(5-3-17)22(16-27-12-14-30-15-13-27)26-24(29)20-8-10-21(11-9-20)25-23(28)19-6-7-19/h2-5,8-11,19,22H,6-7,12-16H2,1H3,(H,25,28)(H,26,29). The molecule has 2 amide bonds. The summed E-state index contributed by atoms with van der Waals surface area (Å²) in [7, 11) is 0. The van der Waals surface area contributed by atoms with Gasteiger partial charge in [-0.05, 0) is 49.6 Å². The van der Waals surface area contributed by atoms with Gasteiger partial charge in [-0.15, -0.1) is 0 Å². The molecule has 2 fully saturated rings. The highest BCUT2D eigenvalue weighted by Crippen LogP contribution is 2.30. The quantitative estimate of drug-likeness (QED) is 0.740. The highest BCUT2D eigenvalue weighted by molar-refractivity contribution is 5.97. The molecule has 0 radical (unpaired) electrons. The van der Waals surface area contributed by atoms with Gasteiger partial charge >= 0.3 is 0 Å². The number of morpholine rings is 1. The fourth-order valence-electron chi connectivity index (χ4n) is 3.61. The van der Waals surface area contributed by atoms with Crippen molar-refractivity contribution in [1.82, 2.24) is 10.2 Å². The van der Waals surface area contributed by atoms with Crippen LogP contribution in [-0.4, -0.2) is 49.6 Å². The maximum atomic E-state index is 12.9. The number of anilines is 1. The summed E-state index contributed by atoms with van der Waals surface area (Å²) in [6.07, 6.45) is 1.94. The predicted molar refractivity (Wildman–Crippen MR) is 116 cm³/mol. The number of hydrogen-bond donors (Lipinski definition) is 2. The Morgan fingerprint density at radius 3 is 2.33 bits per heavy atom. The van der Waals surface area contributed by atoms with E-state index in [1.54, 1.807) is 24.3 Å². The minimum Gasteiger partial charge on any atom is -0.379 e. The molecule has 30 heavy (non-hydrogen) atoms. The van der Waals surface area contributed by atoms with E-state index in [9.17, 15) is 9.59 Å². The first-order chi connectivity index (χ1) is 14.6. The lowest BCUT2D eigenvalue weighted by Gasteiger charge is -2.31. The largest absolute Gasteiger partial charge is 0.379 e. The number of aryl methyl sites for hydroxylation is 1. The van der Waals surface area contributed by atoms with Gasteiger partial charge in [0.15, 0.2) is 0 Å². The van der Waals surface area contributed by atoms with Gasteiger partial charge in [-0.25, -0.2) is 0 Å². The second kappa shape index (κ2) is 9.41. The molecule has 4 rings (SSSR count). The third-order valence-corrected chi connectivity index (χ3v) is 5.69. The van der Waals surface area contributed by atoms with Gasteiger partial charge in [-0.2, -0.15) is 0 Å². The van der Waals surface area contributed by atoms with Crippen LogP contribution in [0.25, 0.3) is 0 Å². The van der Waals surface area contributed by atoms with Crippen LogP contribution in [0.15, 0.2) is 48.5 Å². The van der Waals surface area contributed by atoms with Gasteiger partial charge in [0.1, 0.15) is 0 Å². The third kappa shape index (κ3) is 5.46. The van der Waals surface area contributed by atoms with Gasteiger partial charge in [0.05, 0.1) is 19.3 Å². The molecule has 1 atom stereocenters. The van der Waals surface area contributed by atoms with Crippen LogP contribution in [-0.2, 0) is 9.53 Å². The molecule has 0 bridgehead atoms. The Hall–Kier alpha value is -2.70. The Morgan fingerprint density at radius 1 is 1.03 bits per heavy atom.